The predicted molar refractivity (Wildman–Crippen MR) is 60.4 cm³/mol. The molecule has 0 N–H and O–H groups in total. The molecule has 2 unspecified atom stereocenters. The zero-order valence-corrected chi connectivity index (χ0v) is 10.2. The molecule has 1 fully saturated rings. The Morgan fingerprint density at radius 2 is 2.28 bits per heavy atom. The van der Waals surface area contributed by atoms with E-state index in [0.717, 1.165) is 18.9 Å². The first kappa shape index (κ1) is 14.2. The van der Waals surface area contributed by atoms with E-state index in [0.29, 0.717) is 6.61 Å². The molecule has 1 heterocycles. The highest BCUT2D eigenvalue weighted by Gasteiger charge is 2.32. The van der Waals surface area contributed by atoms with E-state index < -0.39 is 30.6 Å². The molecular weight excluding hydrogens is 240 g/mol. The summed E-state index contributed by atoms with van der Waals surface area (Å²) in [5.41, 5.74) is 0. The lowest BCUT2D eigenvalue weighted by Gasteiger charge is -2.18. The van der Waals surface area contributed by atoms with Gasteiger partial charge in [0.05, 0.1) is 6.61 Å². The molecule has 0 bridgehead atoms. The van der Waals surface area contributed by atoms with E-state index in [1.807, 2.05) is 0 Å². The molecule has 1 saturated heterocycles. The largest absolute Gasteiger partial charge is 0.463 e. The van der Waals surface area contributed by atoms with Gasteiger partial charge in [0, 0.05) is 12.0 Å². The van der Waals surface area contributed by atoms with Gasteiger partial charge in [0.1, 0.15) is 0 Å². The first-order valence-corrected chi connectivity index (χ1v) is 5.70. The number of cyclic esters (lactones) is 1. The van der Waals surface area contributed by atoms with E-state index in [9.17, 15) is 14.4 Å². The third-order valence-corrected chi connectivity index (χ3v) is 2.55. The highest BCUT2D eigenvalue weighted by Crippen LogP contribution is 2.19. The SMILES string of the molecule is C=CC(=O)OCC(=O)OC1C(=O)OCCCC1C. The molecule has 0 aromatic carbocycles. The van der Waals surface area contributed by atoms with Gasteiger partial charge in [0.25, 0.3) is 0 Å². The fourth-order valence-electron chi connectivity index (χ4n) is 1.57. The van der Waals surface area contributed by atoms with Crippen molar-refractivity contribution in [2.75, 3.05) is 13.2 Å². The van der Waals surface area contributed by atoms with Gasteiger partial charge in [-0.05, 0) is 12.8 Å². The second kappa shape index (κ2) is 6.78. The van der Waals surface area contributed by atoms with Gasteiger partial charge >= 0.3 is 17.9 Å². The van der Waals surface area contributed by atoms with Gasteiger partial charge in [-0.3, -0.25) is 0 Å². The average Bonchev–Trinajstić information content (AvgIpc) is 2.51. The van der Waals surface area contributed by atoms with Crippen molar-refractivity contribution >= 4 is 17.9 Å². The maximum atomic E-state index is 11.5. The summed E-state index contributed by atoms with van der Waals surface area (Å²) >= 11 is 0. The van der Waals surface area contributed by atoms with Crippen molar-refractivity contribution in [3.63, 3.8) is 0 Å². The molecular formula is C12H16O6. The van der Waals surface area contributed by atoms with Crippen LogP contribution in [0.5, 0.6) is 0 Å². The van der Waals surface area contributed by atoms with Crippen LogP contribution < -0.4 is 0 Å². The Bertz CT molecular complexity index is 348. The summed E-state index contributed by atoms with van der Waals surface area (Å²) in [6, 6.07) is 0. The molecule has 1 aliphatic heterocycles. The lowest BCUT2D eigenvalue weighted by atomic mass is 10.0. The Hall–Kier alpha value is -1.85. The zero-order chi connectivity index (χ0) is 13.5. The second-order valence-electron chi connectivity index (χ2n) is 4.01. The van der Waals surface area contributed by atoms with Gasteiger partial charge in [-0.2, -0.15) is 0 Å². The van der Waals surface area contributed by atoms with Crippen LogP contribution in [0.2, 0.25) is 0 Å². The van der Waals surface area contributed by atoms with E-state index >= 15 is 0 Å². The smallest absolute Gasteiger partial charge is 0.347 e. The molecule has 100 valence electrons. The van der Waals surface area contributed by atoms with Gasteiger partial charge in [-0.15, -0.1) is 0 Å². The van der Waals surface area contributed by atoms with Gasteiger partial charge < -0.3 is 14.2 Å². The van der Waals surface area contributed by atoms with Crippen LogP contribution >= 0.6 is 0 Å². The normalized spacial score (nSPS) is 23.5. The van der Waals surface area contributed by atoms with Gasteiger partial charge in [-0.1, -0.05) is 13.5 Å². The summed E-state index contributed by atoms with van der Waals surface area (Å²) in [4.78, 5) is 33.7. The monoisotopic (exact) mass is 256 g/mol. The number of ether oxygens (including phenoxy) is 3. The van der Waals surface area contributed by atoms with Crippen LogP contribution in [0.15, 0.2) is 12.7 Å². The second-order valence-corrected chi connectivity index (χ2v) is 4.01. The Labute approximate surface area is 105 Å². The highest BCUT2D eigenvalue weighted by molar-refractivity contribution is 5.84. The maximum Gasteiger partial charge on any atom is 0.347 e. The van der Waals surface area contributed by atoms with Crippen molar-refractivity contribution in [2.24, 2.45) is 5.92 Å². The number of carbonyl (C=O) groups is 3. The van der Waals surface area contributed by atoms with Crippen molar-refractivity contribution < 1.29 is 28.6 Å². The zero-order valence-electron chi connectivity index (χ0n) is 10.2. The van der Waals surface area contributed by atoms with Crippen LogP contribution in [-0.4, -0.2) is 37.2 Å². The Morgan fingerprint density at radius 1 is 1.56 bits per heavy atom. The van der Waals surface area contributed by atoms with E-state index in [-0.39, 0.29) is 5.92 Å². The fourth-order valence-corrected chi connectivity index (χ4v) is 1.57. The van der Waals surface area contributed by atoms with Crippen LogP contribution in [0.3, 0.4) is 0 Å². The van der Waals surface area contributed by atoms with Crippen LogP contribution in [0.25, 0.3) is 0 Å². The summed E-state index contributed by atoms with van der Waals surface area (Å²) in [6.45, 7) is 4.79. The van der Waals surface area contributed by atoms with Gasteiger partial charge in [0.2, 0.25) is 6.10 Å². The third-order valence-electron chi connectivity index (χ3n) is 2.55. The lowest BCUT2D eigenvalue weighted by molar-refractivity contribution is -0.173. The summed E-state index contributed by atoms with van der Waals surface area (Å²) in [5, 5.41) is 0. The molecule has 0 saturated carbocycles. The predicted octanol–water partition coefficient (Wildman–Crippen LogP) is 0.600. The van der Waals surface area contributed by atoms with E-state index in [4.69, 9.17) is 9.47 Å². The molecule has 0 aliphatic carbocycles. The molecule has 0 spiro atoms. The number of carbonyl (C=O) groups excluding carboxylic acids is 3. The van der Waals surface area contributed by atoms with E-state index in [1.54, 1.807) is 6.92 Å². The molecule has 1 rings (SSSR count). The number of esters is 3. The van der Waals surface area contributed by atoms with Crippen LogP contribution in [-0.2, 0) is 28.6 Å². The molecule has 0 aromatic heterocycles. The van der Waals surface area contributed by atoms with Crippen LogP contribution in [0.1, 0.15) is 19.8 Å². The summed E-state index contributed by atoms with van der Waals surface area (Å²) in [7, 11) is 0. The molecule has 2 atom stereocenters. The molecule has 0 radical (unpaired) electrons. The molecule has 18 heavy (non-hydrogen) atoms. The molecule has 0 amide bonds. The number of hydrogen-bond donors (Lipinski definition) is 0. The number of hydrogen-bond acceptors (Lipinski definition) is 6. The minimum atomic E-state index is -0.928. The Balaban J connectivity index is 2.47. The number of rotatable bonds is 4. The maximum absolute atomic E-state index is 11.5. The van der Waals surface area contributed by atoms with Crippen LogP contribution in [0, 0.1) is 5.92 Å². The average molecular weight is 256 g/mol. The lowest BCUT2D eigenvalue weighted by Crippen LogP contribution is -2.34. The van der Waals surface area contributed by atoms with Crippen molar-refractivity contribution in [2.45, 2.75) is 25.9 Å². The molecule has 0 aromatic rings. The van der Waals surface area contributed by atoms with Crippen molar-refractivity contribution in [1.82, 2.24) is 0 Å². The van der Waals surface area contributed by atoms with Crippen molar-refractivity contribution in [3.8, 4) is 0 Å². The van der Waals surface area contributed by atoms with Crippen molar-refractivity contribution in [3.05, 3.63) is 12.7 Å². The first-order chi connectivity index (χ1) is 8.54. The van der Waals surface area contributed by atoms with E-state index in [2.05, 4.69) is 11.3 Å². The van der Waals surface area contributed by atoms with Crippen LogP contribution in [0.4, 0.5) is 0 Å². The minimum absolute atomic E-state index is 0.112. The quantitative estimate of drug-likeness (QED) is 0.416. The summed E-state index contributed by atoms with van der Waals surface area (Å²) in [5.74, 6) is -2.16. The molecule has 6 nitrogen and oxygen atoms in total. The summed E-state index contributed by atoms with van der Waals surface area (Å²) < 4.78 is 14.4. The Morgan fingerprint density at radius 3 is 2.94 bits per heavy atom. The fraction of sp³-hybridized carbons (Fsp3) is 0.583. The topological polar surface area (TPSA) is 78.9 Å². The summed E-state index contributed by atoms with van der Waals surface area (Å²) in [6.07, 6.45) is 1.49. The van der Waals surface area contributed by atoms with E-state index in [1.165, 1.54) is 0 Å². The standard InChI is InChI=1S/C12H16O6/c1-3-9(13)17-7-10(14)18-11-8(2)5-4-6-16-12(11)15/h3,8,11H,1,4-7H2,2H3. The third kappa shape index (κ3) is 4.20. The molecule has 6 heteroatoms. The minimum Gasteiger partial charge on any atom is -0.463 e. The first-order valence-electron chi connectivity index (χ1n) is 5.70. The van der Waals surface area contributed by atoms with Gasteiger partial charge in [0.15, 0.2) is 6.61 Å². The highest BCUT2D eigenvalue weighted by atomic mass is 16.6. The van der Waals surface area contributed by atoms with Crippen molar-refractivity contribution in [1.29, 1.82) is 0 Å². The Kier molecular flexibility index (Phi) is 5.35. The molecule has 1 aliphatic rings. The van der Waals surface area contributed by atoms with Gasteiger partial charge in [-0.25, -0.2) is 14.4 Å².